The van der Waals surface area contributed by atoms with Gasteiger partial charge < -0.3 is 9.47 Å². The van der Waals surface area contributed by atoms with Crippen molar-refractivity contribution in [1.82, 2.24) is 5.32 Å². The van der Waals surface area contributed by atoms with Gasteiger partial charge in [0, 0.05) is 6.42 Å². The summed E-state index contributed by atoms with van der Waals surface area (Å²) in [5.41, 5.74) is 1.55. The highest BCUT2D eigenvalue weighted by Crippen LogP contribution is 2.37. The number of carbonyl (C=O) groups is 2. The summed E-state index contributed by atoms with van der Waals surface area (Å²) in [6.45, 7) is 4.97. The molecular formula is C22H22F3NO4. The zero-order valence-electron chi connectivity index (χ0n) is 16.9. The van der Waals surface area contributed by atoms with Crippen LogP contribution in [-0.2, 0) is 28.5 Å². The summed E-state index contributed by atoms with van der Waals surface area (Å²) in [6.07, 6.45) is -4.26. The average molecular weight is 421 g/mol. The number of carbonyl (C=O) groups excluding carboxylic acids is 2. The van der Waals surface area contributed by atoms with Gasteiger partial charge in [0.25, 0.3) is 5.91 Å². The van der Waals surface area contributed by atoms with Crippen molar-refractivity contribution in [2.45, 2.75) is 52.3 Å². The summed E-state index contributed by atoms with van der Waals surface area (Å²) in [7, 11) is 0. The van der Waals surface area contributed by atoms with Crippen LogP contribution in [0.25, 0.3) is 0 Å². The van der Waals surface area contributed by atoms with Crippen LogP contribution in [0.2, 0.25) is 0 Å². The SMILES string of the molecule is CCCc1cc(Oc2cc(C)c(C(F)(F)F)cc2C)ccc1C[C@@H]1OC(=O)NC1=O. The number of hydrogen-bond acceptors (Lipinski definition) is 4. The molecule has 2 aromatic carbocycles. The van der Waals surface area contributed by atoms with E-state index in [-0.39, 0.29) is 12.0 Å². The summed E-state index contributed by atoms with van der Waals surface area (Å²) in [4.78, 5) is 23.0. The molecule has 1 fully saturated rings. The monoisotopic (exact) mass is 421 g/mol. The molecule has 5 nitrogen and oxygen atoms in total. The summed E-state index contributed by atoms with van der Waals surface area (Å²) in [6, 6.07) is 7.74. The van der Waals surface area contributed by atoms with E-state index < -0.39 is 29.8 Å². The Kier molecular flexibility index (Phi) is 6.05. The predicted octanol–water partition coefficient (Wildman–Crippen LogP) is 5.24. The van der Waals surface area contributed by atoms with Crippen LogP contribution in [0.4, 0.5) is 18.0 Å². The van der Waals surface area contributed by atoms with Crippen LogP contribution in [0.15, 0.2) is 30.3 Å². The number of alkyl halides is 3. The third kappa shape index (κ3) is 4.75. The van der Waals surface area contributed by atoms with E-state index in [0.29, 0.717) is 23.5 Å². The molecule has 1 heterocycles. The molecule has 1 atom stereocenters. The van der Waals surface area contributed by atoms with Gasteiger partial charge in [0.15, 0.2) is 6.10 Å². The fourth-order valence-corrected chi connectivity index (χ4v) is 3.43. The van der Waals surface area contributed by atoms with Crippen LogP contribution in [0, 0.1) is 13.8 Å². The molecular weight excluding hydrogens is 399 g/mol. The van der Waals surface area contributed by atoms with Crippen molar-refractivity contribution >= 4 is 12.0 Å². The zero-order chi connectivity index (χ0) is 22.1. The van der Waals surface area contributed by atoms with E-state index in [0.717, 1.165) is 23.6 Å². The van der Waals surface area contributed by atoms with Crippen LogP contribution in [0.1, 0.15) is 41.2 Å². The van der Waals surface area contributed by atoms with Crippen molar-refractivity contribution in [3.63, 3.8) is 0 Å². The van der Waals surface area contributed by atoms with Crippen molar-refractivity contribution in [1.29, 1.82) is 0 Å². The lowest BCUT2D eigenvalue weighted by atomic mass is 9.97. The number of hydrogen-bond donors (Lipinski definition) is 1. The van der Waals surface area contributed by atoms with Crippen molar-refractivity contribution in [3.8, 4) is 11.5 Å². The number of cyclic esters (lactones) is 1. The van der Waals surface area contributed by atoms with Gasteiger partial charge in [0.05, 0.1) is 5.56 Å². The van der Waals surface area contributed by atoms with E-state index in [1.54, 1.807) is 25.1 Å². The second-order valence-corrected chi connectivity index (χ2v) is 7.30. The number of alkyl carbamates (subject to hydrolysis) is 1. The average Bonchev–Trinajstić information content (AvgIpc) is 2.96. The highest BCUT2D eigenvalue weighted by atomic mass is 19.4. The van der Waals surface area contributed by atoms with Crippen molar-refractivity contribution < 1.29 is 32.2 Å². The number of halogens is 3. The van der Waals surface area contributed by atoms with Gasteiger partial charge in [-0.05, 0) is 66.8 Å². The fourth-order valence-electron chi connectivity index (χ4n) is 3.43. The number of ether oxygens (including phenoxy) is 2. The number of nitrogens with one attached hydrogen (secondary N) is 1. The van der Waals surface area contributed by atoms with Crippen LogP contribution in [-0.4, -0.2) is 18.1 Å². The maximum atomic E-state index is 13.1. The minimum Gasteiger partial charge on any atom is -0.457 e. The Morgan fingerprint density at radius 3 is 2.40 bits per heavy atom. The normalized spacial score (nSPS) is 16.4. The lowest BCUT2D eigenvalue weighted by Crippen LogP contribution is -2.26. The third-order valence-corrected chi connectivity index (χ3v) is 4.92. The first-order valence-electron chi connectivity index (χ1n) is 9.58. The molecule has 1 aliphatic rings. The lowest BCUT2D eigenvalue weighted by molar-refractivity contribution is -0.138. The Hall–Kier alpha value is -3.03. The molecule has 30 heavy (non-hydrogen) atoms. The van der Waals surface area contributed by atoms with E-state index in [2.05, 4.69) is 5.32 Å². The van der Waals surface area contributed by atoms with Gasteiger partial charge in [-0.3, -0.25) is 10.1 Å². The van der Waals surface area contributed by atoms with Crippen LogP contribution >= 0.6 is 0 Å². The summed E-state index contributed by atoms with van der Waals surface area (Å²) >= 11 is 0. The predicted molar refractivity (Wildman–Crippen MR) is 104 cm³/mol. The molecule has 8 heteroatoms. The molecule has 2 amide bonds. The Bertz CT molecular complexity index is 985. The molecule has 0 spiro atoms. The van der Waals surface area contributed by atoms with E-state index in [1.807, 2.05) is 6.92 Å². The van der Waals surface area contributed by atoms with E-state index >= 15 is 0 Å². The van der Waals surface area contributed by atoms with Gasteiger partial charge >= 0.3 is 12.3 Å². The molecule has 0 aromatic heterocycles. The quantitative estimate of drug-likeness (QED) is 0.692. The van der Waals surface area contributed by atoms with Gasteiger partial charge in [-0.15, -0.1) is 0 Å². The summed E-state index contributed by atoms with van der Waals surface area (Å²) in [5.74, 6) is 0.357. The van der Waals surface area contributed by atoms with Crippen LogP contribution < -0.4 is 10.1 Å². The van der Waals surface area contributed by atoms with Gasteiger partial charge in [0.1, 0.15) is 11.5 Å². The van der Waals surface area contributed by atoms with Crippen molar-refractivity contribution in [3.05, 3.63) is 58.1 Å². The molecule has 0 saturated carbocycles. The smallest absolute Gasteiger partial charge is 0.416 e. The number of rotatable bonds is 6. The lowest BCUT2D eigenvalue weighted by Gasteiger charge is -2.17. The van der Waals surface area contributed by atoms with Crippen molar-refractivity contribution in [2.24, 2.45) is 0 Å². The molecule has 0 aliphatic carbocycles. The van der Waals surface area contributed by atoms with Gasteiger partial charge in [0.2, 0.25) is 0 Å². The van der Waals surface area contributed by atoms with Crippen LogP contribution in [0.3, 0.4) is 0 Å². The number of imide groups is 1. The molecule has 160 valence electrons. The Morgan fingerprint density at radius 1 is 1.07 bits per heavy atom. The second kappa shape index (κ2) is 8.38. The van der Waals surface area contributed by atoms with E-state index in [4.69, 9.17) is 9.47 Å². The molecule has 3 rings (SSSR count). The van der Waals surface area contributed by atoms with E-state index in [9.17, 15) is 22.8 Å². The first-order chi connectivity index (χ1) is 14.1. The summed E-state index contributed by atoms with van der Waals surface area (Å²) < 4.78 is 50.1. The maximum Gasteiger partial charge on any atom is 0.416 e. The Labute approximate surface area is 172 Å². The highest BCUT2D eigenvalue weighted by Gasteiger charge is 2.34. The molecule has 1 saturated heterocycles. The van der Waals surface area contributed by atoms with Crippen molar-refractivity contribution in [2.75, 3.05) is 0 Å². The first kappa shape index (κ1) is 21.7. The Balaban J connectivity index is 1.85. The molecule has 2 aromatic rings. The topological polar surface area (TPSA) is 64.6 Å². The molecule has 0 bridgehead atoms. The minimum atomic E-state index is -4.42. The second-order valence-electron chi connectivity index (χ2n) is 7.30. The van der Waals surface area contributed by atoms with Gasteiger partial charge in [-0.25, -0.2) is 4.79 Å². The number of benzene rings is 2. The minimum absolute atomic E-state index is 0.0857. The Morgan fingerprint density at radius 2 is 1.80 bits per heavy atom. The number of amides is 2. The fraction of sp³-hybridized carbons (Fsp3) is 0.364. The number of aryl methyl sites for hydroxylation is 3. The maximum absolute atomic E-state index is 13.1. The molecule has 1 N–H and O–H groups in total. The zero-order valence-corrected chi connectivity index (χ0v) is 16.9. The molecule has 0 unspecified atom stereocenters. The van der Waals surface area contributed by atoms with Gasteiger partial charge in [-0.2, -0.15) is 13.2 Å². The standard InChI is InChI=1S/C22H22F3NO4/c1-4-5-14-10-16(7-6-15(14)11-19-20(27)26-21(28)30-19)29-18-9-12(2)17(8-13(18)3)22(23,24)25/h6-10,19H,4-5,11H2,1-3H3,(H,26,27,28)/t19-/m0/s1. The molecule has 1 aliphatic heterocycles. The van der Waals surface area contributed by atoms with Gasteiger partial charge in [-0.1, -0.05) is 19.4 Å². The first-order valence-corrected chi connectivity index (χ1v) is 9.58. The van der Waals surface area contributed by atoms with Crippen LogP contribution in [0.5, 0.6) is 11.5 Å². The van der Waals surface area contributed by atoms with E-state index in [1.165, 1.54) is 13.0 Å². The summed E-state index contributed by atoms with van der Waals surface area (Å²) in [5, 5.41) is 2.10. The highest BCUT2D eigenvalue weighted by molar-refractivity contribution is 6.00. The largest absolute Gasteiger partial charge is 0.457 e. The molecule has 0 radical (unpaired) electrons. The third-order valence-electron chi connectivity index (χ3n) is 4.92.